The Bertz CT molecular complexity index is 1050. The van der Waals surface area contributed by atoms with E-state index < -0.39 is 0 Å². The van der Waals surface area contributed by atoms with Crippen LogP contribution in [-0.4, -0.2) is 46.0 Å². The topological polar surface area (TPSA) is 86.3 Å². The number of nitrogens with two attached hydrogens (primary N) is 1. The molecule has 30 heavy (non-hydrogen) atoms. The Morgan fingerprint density at radius 1 is 1.33 bits per heavy atom. The number of anilines is 1. The van der Waals surface area contributed by atoms with Crippen LogP contribution < -0.4 is 10.5 Å². The van der Waals surface area contributed by atoms with Gasteiger partial charge in [-0.25, -0.2) is 9.97 Å². The van der Waals surface area contributed by atoms with Crippen molar-refractivity contribution in [1.82, 2.24) is 19.4 Å². The standard InChI is InChI=1S/C21H24IN5O2S/c1-29-15-2-3-16(22)18(12-15)30-21-25-19-17(4-8-24-20(19)23)27(21)11-7-14-5-9-26(13-28)10-6-14/h2-4,8,12-14H,5-7,9-11H2,1H3,(H2,23,24). The molecule has 1 fully saturated rings. The van der Waals surface area contributed by atoms with E-state index in [4.69, 9.17) is 15.5 Å². The first-order valence-corrected chi connectivity index (χ1v) is 11.8. The maximum Gasteiger partial charge on any atom is 0.209 e. The lowest BCUT2D eigenvalue weighted by molar-refractivity contribution is -0.119. The average Bonchev–Trinajstić information content (AvgIpc) is 3.12. The summed E-state index contributed by atoms with van der Waals surface area (Å²) in [6.45, 7) is 2.55. The predicted octanol–water partition coefficient (Wildman–Crippen LogP) is 4.04. The van der Waals surface area contributed by atoms with Crippen molar-refractivity contribution in [1.29, 1.82) is 0 Å². The number of aryl methyl sites for hydroxylation is 1. The third-order valence-corrected chi connectivity index (χ3v) is 7.92. The van der Waals surface area contributed by atoms with Gasteiger partial charge < -0.3 is 19.9 Å². The zero-order valence-electron chi connectivity index (χ0n) is 16.8. The van der Waals surface area contributed by atoms with Gasteiger partial charge in [-0.15, -0.1) is 0 Å². The molecular weight excluding hydrogens is 513 g/mol. The van der Waals surface area contributed by atoms with Crippen molar-refractivity contribution in [2.24, 2.45) is 5.92 Å². The number of pyridine rings is 1. The summed E-state index contributed by atoms with van der Waals surface area (Å²) in [5, 5.41) is 0.904. The lowest BCUT2D eigenvalue weighted by Crippen LogP contribution is -2.32. The van der Waals surface area contributed by atoms with Gasteiger partial charge in [0.15, 0.2) is 11.0 Å². The van der Waals surface area contributed by atoms with Crippen LogP contribution in [0.4, 0.5) is 5.82 Å². The summed E-state index contributed by atoms with van der Waals surface area (Å²) in [5.41, 5.74) is 7.87. The summed E-state index contributed by atoms with van der Waals surface area (Å²) < 4.78 is 8.79. The summed E-state index contributed by atoms with van der Waals surface area (Å²) in [5.74, 6) is 1.88. The highest BCUT2D eigenvalue weighted by molar-refractivity contribution is 14.1. The number of methoxy groups -OCH3 is 1. The zero-order valence-corrected chi connectivity index (χ0v) is 19.7. The third-order valence-electron chi connectivity index (χ3n) is 5.56. The largest absolute Gasteiger partial charge is 0.497 e. The Kier molecular flexibility index (Phi) is 6.67. The quantitative estimate of drug-likeness (QED) is 0.362. The van der Waals surface area contributed by atoms with Gasteiger partial charge in [0.2, 0.25) is 6.41 Å². The molecule has 0 bridgehead atoms. The van der Waals surface area contributed by atoms with Gasteiger partial charge in [-0.05, 0) is 72.0 Å². The number of nitrogen functional groups attached to an aromatic ring is 1. The molecule has 1 amide bonds. The van der Waals surface area contributed by atoms with Crippen LogP contribution in [0.5, 0.6) is 5.75 Å². The molecule has 3 heterocycles. The molecule has 158 valence electrons. The number of imidazole rings is 1. The number of aromatic nitrogens is 3. The number of benzene rings is 1. The molecule has 7 nitrogen and oxygen atoms in total. The smallest absolute Gasteiger partial charge is 0.209 e. The van der Waals surface area contributed by atoms with E-state index in [0.29, 0.717) is 11.7 Å². The van der Waals surface area contributed by atoms with Crippen LogP contribution in [0.3, 0.4) is 0 Å². The second-order valence-electron chi connectivity index (χ2n) is 7.38. The number of amides is 1. The Morgan fingerprint density at radius 3 is 2.87 bits per heavy atom. The molecule has 0 aliphatic carbocycles. The fourth-order valence-electron chi connectivity index (χ4n) is 3.79. The SMILES string of the molecule is COc1ccc(I)c(Sc2nc3c(N)nccc3n2CCC2CCN(C=O)CC2)c1. The van der Waals surface area contributed by atoms with E-state index in [-0.39, 0.29) is 0 Å². The summed E-state index contributed by atoms with van der Waals surface area (Å²) in [6, 6.07) is 8.02. The normalized spacial score (nSPS) is 14.9. The van der Waals surface area contributed by atoms with Crippen molar-refractivity contribution >= 4 is 57.6 Å². The minimum absolute atomic E-state index is 0.452. The highest BCUT2D eigenvalue weighted by Crippen LogP contribution is 2.36. The Balaban J connectivity index is 1.61. The summed E-state index contributed by atoms with van der Waals surface area (Å²) in [6.07, 6.45) is 5.84. The molecule has 1 aliphatic heterocycles. The molecule has 0 radical (unpaired) electrons. The van der Waals surface area contributed by atoms with Crippen LogP contribution in [0.25, 0.3) is 11.0 Å². The molecule has 1 aromatic carbocycles. The number of likely N-dealkylation sites (tertiary alicyclic amines) is 1. The van der Waals surface area contributed by atoms with E-state index >= 15 is 0 Å². The second-order valence-corrected chi connectivity index (χ2v) is 9.55. The first-order valence-electron chi connectivity index (χ1n) is 9.90. The number of carbonyl (C=O) groups excluding carboxylic acids is 1. The number of ether oxygens (including phenoxy) is 1. The van der Waals surface area contributed by atoms with Crippen LogP contribution in [0.15, 0.2) is 40.5 Å². The number of fused-ring (bicyclic) bond motifs is 1. The minimum Gasteiger partial charge on any atom is -0.497 e. The van der Waals surface area contributed by atoms with E-state index in [1.807, 2.05) is 29.2 Å². The summed E-state index contributed by atoms with van der Waals surface area (Å²) in [4.78, 5) is 23.0. The summed E-state index contributed by atoms with van der Waals surface area (Å²) >= 11 is 3.96. The maximum absolute atomic E-state index is 11.0. The van der Waals surface area contributed by atoms with Gasteiger partial charge >= 0.3 is 0 Å². The van der Waals surface area contributed by atoms with Crippen molar-refractivity contribution in [3.8, 4) is 5.75 Å². The maximum atomic E-state index is 11.0. The van der Waals surface area contributed by atoms with E-state index in [0.717, 1.165) is 75.7 Å². The van der Waals surface area contributed by atoms with Crippen LogP contribution in [0.2, 0.25) is 0 Å². The highest BCUT2D eigenvalue weighted by Gasteiger charge is 2.20. The number of piperidine rings is 1. The highest BCUT2D eigenvalue weighted by atomic mass is 127. The number of nitrogens with zero attached hydrogens (tertiary/aromatic N) is 4. The predicted molar refractivity (Wildman–Crippen MR) is 127 cm³/mol. The van der Waals surface area contributed by atoms with Gasteiger partial charge in [0.25, 0.3) is 0 Å². The van der Waals surface area contributed by atoms with Crippen molar-refractivity contribution in [3.05, 3.63) is 34.0 Å². The number of hydrogen-bond acceptors (Lipinski definition) is 6. The second kappa shape index (κ2) is 9.42. The molecule has 0 atom stereocenters. The molecule has 3 aromatic rings. The van der Waals surface area contributed by atoms with Gasteiger partial charge in [-0.2, -0.15) is 0 Å². The van der Waals surface area contributed by atoms with E-state index in [1.165, 1.54) is 0 Å². The van der Waals surface area contributed by atoms with Crippen LogP contribution in [0, 0.1) is 9.49 Å². The molecule has 1 saturated heterocycles. The Labute approximate surface area is 193 Å². The fraction of sp³-hybridized carbons (Fsp3) is 0.381. The molecule has 1 aliphatic rings. The first-order chi connectivity index (χ1) is 14.6. The van der Waals surface area contributed by atoms with Crippen LogP contribution in [-0.2, 0) is 11.3 Å². The zero-order chi connectivity index (χ0) is 21.1. The molecule has 2 N–H and O–H groups in total. The minimum atomic E-state index is 0.452. The monoisotopic (exact) mass is 537 g/mol. The third kappa shape index (κ3) is 4.51. The average molecular weight is 537 g/mol. The van der Waals surface area contributed by atoms with E-state index in [1.54, 1.807) is 25.1 Å². The van der Waals surface area contributed by atoms with E-state index in [2.05, 4.69) is 32.1 Å². The van der Waals surface area contributed by atoms with Crippen molar-refractivity contribution < 1.29 is 9.53 Å². The molecular formula is C21H24IN5O2S. The lowest BCUT2D eigenvalue weighted by atomic mass is 9.94. The van der Waals surface area contributed by atoms with Crippen molar-refractivity contribution in [2.75, 3.05) is 25.9 Å². The van der Waals surface area contributed by atoms with Crippen molar-refractivity contribution in [3.63, 3.8) is 0 Å². The molecule has 2 aromatic heterocycles. The van der Waals surface area contributed by atoms with Crippen molar-refractivity contribution in [2.45, 2.75) is 35.9 Å². The van der Waals surface area contributed by atoms with E-state index in [9.17, 15) is 4.79 Å². The number of rotatable bonds is 7. The molecule has 0 spiro atoms. The van der Waals surface area contributed by atoms with Gasteiger partial charge in [0.1, 0.15) is 11.3 Å². The van der Waals surface area contributed by atoms with Gasteiger partial charge in [-0.3, -0.25) is 4.79 Å². The van der Waals surface area contributed by atoms with Gasteiger partial charge in [0.05, 0.1) is 12.6 Å². The fourth-order valence-corrected chi connectivity index (χ4v) is 5.43. The Hall–Kier alpha value is -2.01. The number of halogens is 1. The molecule has 4 rings (SSSR count). The molecule has 0 unspecified atom stereocenters. The van der Waals surface area contributed by atoms with Crippen LogP contribution >= 0.6 is 34.4 Å². The molecule has 9 heteroatoms. The van der Waals surface area contributed by atoms with Gasteiger partial charge in [-0.1, -0.05) is 11.8 Å². The first kappa shape index (κ1) is 21.2. The van der Waals surface area contributed by atoms with Crippen LogP contribution in [0.1, 0.15) is 19.3 Å². The number of carbonyl (C=O) groups is 1. The number of hydrogen-bond donors (Lipinski definition) is 1. The molecule has 0 saturated carbocycles. The van der Waals surface area contributed by atoms with Gasteiger partial charge in [0, 0.05) is 34.3 Å². The lowest BCUT2D eigenvalue weighted by Gasteiger charge is -2.29. The summed E-state index contributed by atoms with van der Waals surface area (Å²) in [7, 11) is 1.67. The Morgan fingerprint density at radius 2 is 2.13 bits per heavy atom.